The van der Waals surface area contributed by atoms with Crippen molar-refractivity contribution in [2.75, 3.05) is 18.0 Å². The zero-order chi connectivity index (χ0) is 13.7. The maximum atomic E-state index is 10.5. The molecular weight excluding hydrogens is 242 g/mol. The van der Waals surface area contributed by atoms with Crippen LogP contribution in [-0.4, -0.2) is 29.1 Å². The van der Waals surface area contributed by atoms with E-state index >= 15 is 0 Å². The Kier molecular flexibility index (Phi) is 4.35. The van der Waals surface area contributed by atoms with Crippen LogP contribution in [0.2, 0.25) is 0 Å². The molecule has 0 saturated carbocycles. The van der Waals surface area contributed by atoms with Gasteiger partial charge >= 0.3 is 5.97 Å². The number of carboxylic acids is 1. The summed E-state index contributed by atoms with van der Waals surface area (Å²) < 4.78 is 0. The molecule has 2 rings (SSSR count). The van der Waals surface area contributed by atoms with Gasteiger partial charge in [-0.25, -0.2) is 4.98 Å². The summed E-state index contributed by atoms with van der Waals surface area (Å²) in [6.07, 6.45) is 3.00. The first kappa shape index (κ1) is 13.3. The molecule has 5 nitrogen and oxygen atoms in total. The van der Waals surface area contributed by atoms with Gasteiger partial charge in [0.25, 0.3) is 0 Å². The van der Waals surface area contributed by atoms with Gasteiger partial charge in [-0.3, -0.25) is 4.79 Å². The minimum absolute atomic E-state index is 0.257. The number of carbonyl (C=O) groups is 1. The molecule has 0 aliphatic carbocycles. The van der Waals surface area contributed by atoms with Crippen LogP contribution < -0.4 is 4.90 Å². The molecule has 0 unspecified atom stereocenters. The third kappa shape index (κ3) is 3.68. The predicted octanol–water partition coefficient (Wildman–Crippen LogP) is 2.03. The fourth-order valence-corrected chi connectivity index (χ4v) is 2.44. The minimum atomic E-state index is -0.717. The number of pyridine rings is 1. The minimum Gasteiger partial charge on any atom is -0.481 e. The van der Waals surface area contributed by atoms with E-state index in [0.717, 1.165) is 38.2 Å². The van der Waals surface area contributed by atoms with Gasteiger partial charge in [0, 0.05) is 19.5 Å². The van der Waals surface area contributed by atoms with Gasteiger partial charge in [-0.05, 0) is 37.3 Å². The average molecular weight is 259 g/mol. The number of aromatic nitrogens is 1. The molecule has 2 heterocycles. The number of rotatable bonds is 4. The molecule has 0 amide bonds. The van der Waals surface area contributed by atoms with Crippen molar-refractivity contribution in [2.45, 2.75) is 25.7 Å². The van der Waals surface area contributed by atoms with Crippen LogP contribution in [-0.2, 0) is 4.79 Å². The normalized spacial score (nSPS) is 16.1. The van der Waals surface area contributed by atoms with E-state index in [4.69, 9.17) is 10.4 Å². The van der Waals surface area contributed by atoms with Crippen molar-refractivity contribution in [2.24, 2.45) is 5.92 Å². The summed E-state index contributed by atoms with van der Waals surface area (Å²) in [5.74, 6) is 0.619. The smallest absolute Gasteiger partial charge is 0.303 e. The number of carboxylic acid groups (broad SMARTS) is 1. The highest BCUT2D eigenvalue weighted by molar-refractivity contribution is 5.66. The van der Waals surface area contributed by atoms with Crippen molar-refractivity contribution in [3.8, 4) is 6.07 Å². The average Bonchev–Trinajstić information content (AvgIpc) is 2.45. The Hall–Kier alpha value is -2.09. The van der Waals surface area contributed by atoms with Crippen LogP contribution in [0.3, 0.4) is 0 Å². The number of aliphatic carboxylic acids is 1. The molecule has 1 fully saturated rings. The summed E-state index contributed by atoms with van der Waals surface area (Å²) in [7, 11) is 0. The van der Waals surface area contributed by atoms with Crippen LogP contribution in [0.5, 0.6) is 0 Å². The van der Waals surface area contributed by atoms with Gasteiger partial charge in [-0.15, -0.1) is 0 Å². The van der Waals surface area contributed by atoms with Gasteiger partial charge in [0.05, 0.1) is 0 Å². The molecule has 0 bridgehead atoms. The lowest BCUT2D eigenvalue weighted by molar-refractivity contribution is -0.137. The molecule has 0 aromatic carbocycles. The fourth-order valence-electron chi connectivity index (χ4n) is 2.44. The zero-order valence-corrected chi connectivity index (χ0v) is 10.7. The predicted molar refractivity (Wildman–Crippen MR) is 70.8 cm³/mol. The molecule has 0 atom stereocenters. The first-order chi connectivity index (χ1) is 9.19. The molecule has 100 valence electrons. The summed E-state index contributed by atoms with van der Waals surface area (Å²) >= 11 is 0. The summed E-state index contributed by atoms with van der Waals surface area (Å²) in [6.45, 7) is 1.76. The Bertz CT molecular complexity index is 488. The number of hydrogen-bond donors (Lipinski definition) is 1. The summed E-state index contributed by atoms with van der Waals surface area (Å²) in [6, 6.07) is 7.50. The highest BCUT2D eigenvalue weighted by Gasteiger charge is 2.20. The van der Waals surface area contributed by atoms with Crippen LogP contribution in [0.25, 0.3) is 0 Å². The van der Waals surface area contributed by atoms with Crippen molar-refractivity contribution in [3.05, 3.63) is 23.9 Å². The number of anilines is 1. The Balaban J connectivity index is 1.89. The Labute approximate surface area is 112 Å². The van der Waals surface area contributed by atoms with Crippen molar-refractivity contribution >= 4 is 11.8 Å². The zero-order valence-electron chi connectivity index (χ0n) is 10.7. The number of hydrogen-bond acceptors (Lipinski definition) is 4. The van der Waals surface area contributed by atoms with E-state index in [-0.39, 0.29) is 6.42 Å². The van der Waals surface area contributed by atoms with Gasteiger partial charge in [-0.2, -0.15) is 5.26 Å². The van der Waals surface area contributed by atoms with Crippen LogP contribution in [0, 0.1) is 17.2 Å². The number of nitriles is 1. The third-order valence-electron chi connectivity index (χ3n) is 3.55. The van der Waals surface area contributed by atoms with Gasteiger partial charge in [0.15, 0.2) is 0 Å². The van der Waals surface area contributed by atoms with Gasteiger partial charge in [0.2, 0.25) is 0 Å². The molecule has 1 aromatic rings. The molecular formula is C14H17N3O2. The first-order valence-electron chi connectivity index (χ1n) is 6.53. The van der Waals surface area contributed by atoms with Gasteiger partial charge < -0.3 is 10.0 Å². The Morgan fingerprint density at radius 2 is 2.21 bits per heavy atom. The lowest BCUT2D eigenvalue weighted by Crippen LogP contribution is -2.34. The summed E-state index contributed by atoms with van der Waals surface area (Å²) in [4.78, 5) is 17.0. The third-order valence-corrected chi connectivity index (χ3v) is 3.55. The summed E-state index contributed by atoms with van der Waals surface area (Å²) in [5, 5.41) is 17.5. The summed E-state index contributed by atoms with van der Waals surface area (Å²) in [5.41, 5.74) is 0.436. The maximum Gasteiger partial charge on any atom is 0.303 e. The van der Waals surface area contributed by atoms with Crippen molar-refractivity contribution < 1.29 is 9.90 Å². The molecule has 0 radical (unpaired) electrons. The van der Waals surface area contributed by atoms with Crippen molar-refractivity contribution in [1.29, 1.82) is 5.26 Å². The van der Waals surface area contributed by atoms with Crippen molar-refractivity contribution in [3.63, 3.8) is 0 Å². The molecule has 5 heteroatoms. The van der Waals surface area contributed by atoms with Crippen LogP contribution in [0.1, 0.15) is 31.4 Å². The second kappa shape index (κ2) is 6.19. The highest BCUT2D eigenvalue weighted by Crippen LogP contribution is 2.25. The number of piperidine rings is 1. The molecule has 0 spiro atoms. The monoisotopic (exact) mass is 259 g/mol. The molecule has 1 saturated heterocycles. The van der Waals surface area contributed by atoms with E-state index in [2.05, 4.69) is 9.88 Å². The fraction of sp³-hybridized carbons (Fsp3) is 0.500. The topological polar surface area (TPSA) is 77.2 Å². The highest BCUT2D eigenvalue weighted by atomic mass is 16.4. The van der Waals surface area contributed by atoms with Crippen LogP contribution in [0.4, 0.5) is 5.82 Å². The molecule has 1 N–H and O–H groups in total. The Morgan fingerprint density at radius 1 is 1.47 bits per heavy atom. The lowest BCUT2D eigenvalue weighted by atomic mass is 9.92. The first-order valence-corrected chi connectivity index (χ1v) is 6.53. The van der Waals surface area contributed by atoms with Crippen molar-refractivity contribution in [1.82, 2.24) is 4.98 Å². The van der Waals surface area contributed by atoms with E-state index in [1.165, 1.54) is 0 Å². The molecule has 1 aliphatic heterocycles. The van der Waals surface area contributed by atoms with Gasteiger partial charge in [0.1, 0.15) is 17.6 Å². The van der Waals surface area contributed by atoms with E-state index in [1.807, 2.05) is 18.2 Å². The van der Waals surface area contributed by atoms with Crippen LogP contribution >= 0.6 is 0 Å². The standard InChI is InChI=1S/C14H17N3O2/c15-10-12-2-1-3-13(16-12)17-8-6-11(7-9-17)4-5-14(18)19/h1-3,11H,4-9H2,(H,18,19). The van der Waals surface area contributed by atoms with E-state index in [0.29, 0.717) is 11.6 Å². The van der Waals surface area contributed by atoms with E-state index < -0.39 is 5.97 Å². The largest absolute Gasteiger partial charge is 0.481 e. The quantitative estimate of drug-likeness (QED) is 0.895. The second-order valence-corrected chi connectivity index (χ2v) is 4.86. The van der Waals surface area contributed by atoms with Gasteiger partial charge in [-0.1, -0.05) is 6.07 Å². The molecule has 1 aromatic heterocycles. The number of nitrogens with zero attached hydrogens (tertiary/aromatic N) is 3. The van der Waals surface area contributed by atoms with Crippen LogP contribution in [0.15, 0.2) is 18.2 Å². The molecule has 19 heavy (non-hydrogen) atoms. The maximum absolute atomic E-state index is 10.5. The Morgan fingerprint density at radius 3 is 2.84 bits per heavy atom. The van der Waals surface area contributed by atoms with E-state index in [9.17, 15) is 4.79 Å². The lowest BCUT2D eigenvalue weighted by Gasteiger charge is -2.32. The molecule has 1 aliphatic rings. The van der Waals surface area contributed by atoms with E-state index in [1.54, 1.807) is 6.07 Å². The second-order valence-electron chi connectivity index (χ2n) is 4.86. The SMILES string of the molecule is N#Cc1cccc(N2CCC(CCC(=O)O)CC2)n1.